The molecule has 0 aliphatic carbocycles. The Bertz CT molecular complexity index is 1210. The monoisotopic (exact) mass is 422 g/mol. The van der Waals surface area contributed by atoms with Crippen molar-refractivity contribution in [2.75, 3.05) is 12.5 Å². The lowest BCUT2D eigenvalue weighted by Gasteiger charge is -2.24. The van der Waals surface area contributed by atoms with Crippen molar-refractivity contribution in [1.29, 1.82) is 0 Å². The standard InChI is InChI=1S/C24H22O3S2/c1-16-14-18(10-13-23(16)28-2)21-15-19-6-4-5-7-22(19)27-24(21)17-8-11-20(12-9-17)29(3,25)26/h4-14H,15H2,1-3H3. The molecular formula is C24H22O3S2. The third kappa shape index (κ3) is 3.98. The third-order valence-corrected chi connectivity index (χ3v) is 7.14. The molecule has 0 radical (unpaired) electrons. The van der Waals surface area contributed by atoms with E-state index in [0.717, 1.165) is 40.2 Å². The lowest BCUT2D eigenvalue weighted by Crippen LogP contribution is -2.10. The zero-order valence-electron chi connectivity index (χ0n) is 16.6. The van der Waals surface area contributed by atoms with Crippen LogP contribution in [0.4, 0.5) is 0 Å². The summed E-state index contributed by atoms with van der Waals surface area (Å²) in [7, 11) is -3.24. The Morgan fingerprint density at radius 1 is 0.931 bits per heavy atom. The first-order chi connectivity index (χ1) is 13.9. The summed E-state index contributed by atoms with van der Waals surface area (Å²) in [6.45, 7) is 2.12. The highest BCUT2D eigenvalue weighted by Crippen LogP contribution is 2.40. The number of hydrogen-bond acceptors (Lipinski definition) is 4. The smallest absolute Gasteiger partial charge is 0.175 e. The number of ether oxygens (including phenoxy) is 1. The predicted octanol–water partition coefficient (Wildman–Crippen LogP) is 5.62. The average Bonchev–Trinajstić information content (AvgIpc) is 2.72. The van der Waals surface area contributed by atoms with E-state index >= 15 is 0 Å². The molecule has 4 rings (SSSR count). The fourth-order valence-corrected chi connectivity index (χ4v) is 4.79. The van der Waals surface area contributed by atoms with Crippen molar-refractivity contribution in [2.24, 2.45) is 0 Å². The first-order valence-corrected chi connectivity index (χ1v) is 12.4. The van der Waals surface area contributed by atoms with E-state index in [4.69, 9.17) is 4.74 Å². The van der Waals surface area contributed by atoms with Crippen LogP contribution >= 0.6 is 11.8 Å². The van der Waals surface area contributed by atoms with Gasteiger partial charge in [0.1, 0.15) is 11.5 Å². The van der Waals surface area contributed by atoms with Crippen LogP contribution in [0.5, 0.6) is 5.75 Å². The Hall–Kier alpha value is -2.50. The summed E-state index contributed by atoms with van der Waals surface area (Å²) < 4.78 is 30.0. The Kier molecular flexibility index (Phi) is 5.28. The lowest BCUT2D eigenvalue weighted by atomic mass is 9.91. The second-order valence-electron chi connectivity index (χ2n) is 7.18. The molecule has 0 aromatic heterocycles. The molecule has 0 unspecified atom stereocenters. The van der Waals surface area contributed by atoms with Crippen LogP contribution in [-0.2, 0) is 16.3 Å². The van der Waals surface area contributed by atoms with Crippen molar-refractivity contribution >= 4 is 32.9 Å². The highest BCUT2D eigenvalue weighted by molar-refractivity contribution is 7.98. The van der Waals surface area contributed by atoms with Gasteiger partial charge in [-0.1, -0.05) is 30.3 Å². The molecule has 5 heteroatoms. The van der Waals surface area contributed by atoms with Crippen LogP contribution in [0.25, 0.3) is 11.3 Å². The molecule has 0 saturated carbocycles. The number of allylic oxidation sites excluding steroid dienone is 1. The second kappa shape index (κ2) is 7.73. The van der Waals surface area contributed by atoms with Crippen molar-refractivity contribution < 1.29 is 13.2 Å². The molecule has 29 heavy (non-hydrogen) atoms. The van der Waals surface area contributed by atoms with Gasteiger partial charge in [0.15, 0.2) is 9.84 Å². The van der Waals surface area contributed by atoms with E-state index in [2.05, 4.69) is 37.4 Å². The van der Waals surface area contributed by atoms with Gasteiger partial charge in [-0.25, -0.2) is 8.42 Å². The molecule has 1 heterocycles. The van der Waals surface area contributed by atoms with Crippen LogP contribution in [-0.4, -0.2) is 20.9 Å². The summed E-state index contributed by atoms with van der Waals surface area (Å²) in [5, 5.41) is 0. The lowest BCUT2D eigenvalue weighted by molar-refractivity contribution is 0.502. The molecule has 0 atom stereocenters. The average molecular weight is 423 g/mol. The van der Waals surface area contributed by atoms with Gasteiger partial charge in [0.2, 0.25) is 0 Å². The zero-order chi connectivity index (χ0) is 20.6. The van der Waals surface area contributed by atoms with Crippen molar-refractivity contribution in [1.82, 2.24) is 0 Å². The predicted molar refractivity (Wildman–Crippen MR) is 120 cm³/mol. The maximum absolute atomic E-state index is 11.8. The molecule has 0 amide bonds. The Balaban J connectivity index is 1.86. The van der Waals surface area contributed by atoms with Crippen LogP contribution in [0.2, 0.25) is 0 Å². The summed E-state index contributed by atoms with van der Waals surface area (Å²) in [4.78, 5) is 1.56. The SMILES string of the molecule is CSc1ccc(C2=C(c3ccc(S(C)(=O)=O)cc3)Oc3ccccc3C2)cc1C. The van der Waals surface area contributed by atoms with E-state index in [1.54, 1.807) is 23.9 Å². The van der Waals surface area contributed by atoms with Gasteiger partial charge in [-0.05, 0) is 66.3 Å². The minimum atomic E-state index is -3.24. The van der Waals surface area contributed by atoms with Gasteiger partial charge in [-0.15, -0.1) is 11.8 Å². The van der Waals surface area contributed by atoms with Gasteiger partial charge in [-0.2, -0.15) is 0 Å². The van der Waals surface area contributed by atoms with Crippen molar-refractivity contribution in [3.05, 3.63) is 89.0 Å². The quantitative estimate of drug-likeness (QED) is 0.512. The van der Waals surface area contributed by atoms with E-state index < -0.39 is 9.84 Å². The highest BCUT2D eigenvalue weighted by atomic mass is 32.2. The van der Waals surface area contributed by atoms with Gasteiger partial charge in [0.25, 0.3) is 0 Å². The zero-order valence-corrected chi connectivity index (χ0v) is 18.2. The van der Waals surface area contributed by atoms with E-state index in [1.807, 2.05) is 30.3 Å². The summed E-state index contributed by atoms with van der Waals surface area (Å²) in [6, 6.07) is 21.4. The molecule has 3 aromatic rings. The van der Waals surface area contributed by atoms with Crippen LogP contribution in [0.3, 0.4) is 0 Å². The van der Waals surface area contributed by atoms with Crippen LogP contribution in [0.15, 0.2) is 76.5 Å². The fourth-order valence-electron chi connectivity index (χ4n) is 3.58. The molecule has 0 spiro atoms. The van der Waals surface area contributed by atoms with Crippen molar-refractivity contribution in [3.63, 3.8) is 0 Å². The van der Waals surface area contributed by atoms with E-state index in [0.29, 0.717) is 4.90 Å². The summed E-state index contributed by atoms with van der Waals surface area (Å²) in [5.41, 5.74) is 5.47. The number of thioether (sulfide) groups is 1. The minimum absolute atomic E-state index is 0.305. The molecule has 0 N–H and O–H groups in total. The molecule has 148 valence electrons. The number of aryl methyl sites for hydroxylation is 1. The normalized spacial score (nSPS) is 13.8. The second-order valence-corrected chi connectivity index (χ2v) is 10.0. The largest absolute Gasteiger partial charge is 0.456 e. The topological polar surface area (TPSA) is 43.4 Å². The van der Waals surface area contributed by atoms with Crippen molar-refractivity contribution in [3.8, 4) is 5.75 Å². The van der Waals surface area contributed by atoms with E-state index in [-0.39, 0.29) is 0 Å². The van der Waals surface area contributed by atoms with E-state index in [9.17, 15) is 8.42 Å². The molecule has 0 fully saturated rings. The Morgan fingerprint density at radius 3 is 2.28 bits per heavy atom. The molecule has 1 aliphatic rings. The summed E-state index contributed by atoms with van der Waals surface area (Å²) in [5.74, 6) is 1.62. The fraction of sp³-hybridized carbons (Fsp3) is 0.167. The summed E-state index contributed by atoms with van der Waals surface area (Å²) >= 11 is 1.74. The highest BCUT2D eigenvalue weighted by Gasteiger charge is 2.23. The number of hydrogen-bond donors (Lipinski definition) is 0. The van der Waals surface area contributed by atoms with E-state index in [1.165, 1.54) is 16.7 Å². The maximum Gasteiger partial charge on any atom is 0.175 e. The van der Waals surface area contributed by atoms with Crippen molar-refractivity contribution in [2.45, 2.75) is 23.1 Å². The number of para-hydroxylation sites is 1. The van der Waals surface area contributed by atoms with Gasteiger partial charge in [0.05, 0.1) is 4.90 Å². The first-order valence-electron chi connectivity index (χ1n) is 9.31. The number of benzene rings is 3. The molecular weight excluding hydrogens is 400 g/mol. The molecule has 0 bridgehead atoms. The first kappa shape index (κ1) is 19.8. The Labute approximate surface area is 176 Å². The molecule has 1 aliphatic heterocycles. The minimum Gasteiger partial charge on any atom is -0.456 e. The maximum atomic E-state index is 11.8. The van der Waals surface area contributed by atoms with Crippen LogP contribution in [0, 0.1) is 6.92 Å². The van der Waals surface area contributed by atoms with Gasteiger partial charge >= 0.3 is 0 Å². The number of sulfone groups is 1. The van der Waals surface area contributed by atoms with Gasteiger partial charge < -0.3 is 4.74 Å². The number of fused-ring (bicyclic) bond motifs is 1. The van der Waals surface area contributed by atoms with Crippen LogP contribution in [0.1, 0.15) is 22.3 Å². The van der Waals surface area contributed by atoms with Crippen LogP contribution < -0.4 is 4.74 Å². The molecule has 3 nitrogen and oxygen atoms in total. The molecule has 0 saturated heterocycles. The third-order valence-electron chi connectivity index (χ3n) is 5.11. The molecule has 3 aromatic carbocycles. The van der Waals surface area contributed by atoms with Gasteiger partial charge in [0, 0.05) is 28.7 Å². The number of rotatable bonds is 4. The summed E-state index contributed by atoms with van der Waals surface area (Å²) in [6.07, 6.45) is 4.06. The van der Waals surface area contributed by atoms with Gasteiger partial charge in [-0.3, -0.25) is 0 Å². The Morgan fingerprint density at radius 2 is 1.62 bits per heavy atom.